The molecule has 1 rings (SSSR count). The van der Waals surface area contributed by atoms with Gasteiger partial charge in [0.1, 0.15) is 12.1 Å². The molecule has 0 saturated heterocycles. The fraction of sp³-hybridized carbons (Fsp3) is 0.500. The summed E-state index contributed by atoms with van der Waals surface area (Å²) in [7, 11) is 0. The van der Waals surface area contributed by atoms with Crippen molar-refractivity contribution < 1.29 is 0 Å². The molecule has 2 unspecified atom stereocenters. The van der Waals surface area contributed by atoms with E-state index >= 15 is 0 Å². The minimum absolute atomic E-state index is 0.0748. The van der Waals surface area contributed by atoms with Crippen molar-refractivity contribution in [3.8, 4) is 0 Å². The van der Waals surface area contributed by atoms with Gasteiger partial charge in [-0.1, -0.05) is 0 Å². The van der Waals surface area contributed by atoms with Gasteiger partial charge in [-0.2, -0.15) is 0 Å². The number of halogens is 2. The molecule has 0 saturated carbocycles. The van der Waals surface area contributed by atoms with Crippen LogP contribution in [0.25, 0.3) is 0 Å². The Kier molecular flexibility index (Phi) is 4.18. The summed E-state index contributed by atoms with van der Waals surface area (Å²) < 4.78 is 1.00. The minimum Gasteiger partial charge on any atom is -0.365 e. The Morgan fingerprint density at radius 2 is 2.23 bits per heavy atom. The van der Waals surface area contributed by atoms with Crippen LogP contribution in [0.5, 0.6) is 0 Å². The Labute approximate surface area is 96.4 Å². The van der Waals surface area contributed by atoms with Crippen molar-refractivity contribution in [2.24, 2.45) is 0 Å². The summed E-state index contributed by atoms with van der Waals surface area (Å²) in [6.07, 6.45) is 3.29. The molecule has 0 aliphatic rings. The predicted octanol–water partition coefficient (Wildman–Crippen LogP) is 2.51. The highest BCUT2D eigenvalue weighted by Gasteiger charge is 2.10. The number of anilines is 1. The third-order valence-corrected chi connectivity index (χ3v) is 2.89. The van der Waals surface area contributed by atoms with Crippen LogP contribution in [0.4, 0.5) is 5.82 Å². The zero-order valence-corrected chi connectivity index (χ0v) is 10.4. The van der Waals surface area contributed by atoms with Gasteiger partial charge in [0.2, 0.25) is 0 Å². The van der Waals surface area contributed by atoms with E-state index in [4.69, 9.17) is 11.6 Å². The lowest BCUT2D eigenvalue weighted by Gasteiger charge is -2.16. The quantitative estimate of drug-likeness (QED) is 0.688. The Morgan fingerprint density at radius 3 is 2.77 bits per heavy atom. The van der Waals surface area contributed by atoms with Crippen LogP contribution < -0.4 is 5.32 Å². The van der Waals surface area contributed by atoms with E-state index in [0.717, 1.165) is 9.39 Å². The smallest absolute Gasteiger partial charge is 0.143 e. The first-order valence-corrected chi connectivity index (χ1v) is 5.49. The topological polar surface area (TPSA) is 37.8 Å². The van der Waals surface area contributed by atoms with E-state index in [1.54, 1.807) is 6.20 Å². The van der Waals surface area contributed by atoms with Crippen molar-refractivity contribution >= 4 is 40.0 Å². The average molecular weight is 312 g/mol. The van der Waals surface area contributed by atoms with Crippen molar-refractivity contribution in [2.75, 3.05) is 5.32 Å². The lowest BCUT2D eigenvalue weighted by atomic mass is 10.2. The summed E-state index contributed by atoms with van der Waals surface area (Å²) in [6.45, 7) is 3.98. The molecule has 0 aliphatic heterocycles. The van der Waals surface area contributed by atoms with Crippen molar-refractivity contribution in [3.63, 3.8) is 0 Å². The van der Waals surface area contributed by atoms with Gasteiger partial charge >= 0.3 is 0 Å². The van der Waals surface area contributed by atoms with Crippen molar-refractivity contribution in [2.45, 2.75) is 25.3 Å². The van der Waals surface area contributed by atoms with Gasteiger partial charge in [0.25, 0.3) is 0 Å². The van der Waals surface area contributed by atoms with E-state index in [2.05, 4.69) is 37.9 Å². The van der Waals surface area contributed by atoms with Crippen molar-refractivity contribution in [3.05, 3.63) is 16.1 Å². The predicted molar refractivity (Wildman–Crippen MR) is 63.1 cm³/mol. The highest BCUT2D eigenvalue weighted by atomic mass is 127. The second-order valence-electron chi connectivity index (χ2n) is 2.83. The zero-order chi connectivity index (χ0) is 9.84. The molecule has 2 atom stereocenters. The zero-order valence-electron chi connectivity index (χ0n) is 7.46. The van der Waals surface area contributed by atoms with Crippen molar-refractivity contribution in [1.29, 1.82) is 0 Å². The molecule has 5 heteroatoms. The second kappa shape index (κ2) is 4.95. The number of hydrogen-bond donors (Lipinski definition) is 1. The van der Waals surface area contributed by atoms with Gasteiger partial charge in [0.05, 0.1) is 8.95 Å². The molecule has 0 fully saturated rings. The molecule has 0 amide bonds. The molecule has 72 valence electrons. The first-order chi connectivity index (χ1) is 6.11. The highest BCUT2D eigenvalue weighted by molar-refractivity contribution is 14.1. The monoisotopic (exact) mass is 311 g/mol. The summed E-state index contributed by atoms with van der Waals surface area (Å²) in [4.78, 5) is 8.02. The van der Waals surface area contributed by atoms with Crippen LogP contribution in [0.15, 0.2) is 12.5 Å². The molecule has 1 heterocycles. The average Bonchev–Trinajstić information content (AvgIpc) is 2.08. The summed E-state index contributed by atoms with van der Waals surface area (Å²) in [6, 6.07) is 0.199. The van der Waals surface area contributed by atoms with Crippen LogP contribution in [0.2, 0.25) is 0 Å². The van der Waals surface area contributed by atoms with Crippen LogP contribution >= 0.6 is 34.2 Å². The van der Waals surface area contributed by atoms with E-state index < -0.39 is 0 Å². The van der Waals surface area contributed by atoms with E-state index in [1.807, 2.05) is 13.8 Å². The number of rotatable bonds is 3. The number of nitrogens with zero attached hydrogens (tertiary/aromatic N) is 2. The SMILES string of the molecule is CC(Cl)C(C)Nc1ncncc1I. The van der Waals surface area contributed by atoms with Gasteiger partial charge in [-0.05, 0) is 36.4 Å². The van der Waals surface area contributed by atoms with Gasteiger partial charge in [0.15, 0.2) is 0 Å². The molecule has 0 aromatic carbocycles. The van der Waals surface area contributed by atoms with Gasteiger partial charge in [-0.3, -0.25) is 0 Å². The Hall–Kier alpha value is -0.100. The number of hydrogen-bond acceptors (Lipinski definition) is 3. The molecule has 3 nitrogen and oxygen atoms in total. The van der Waals surface area contributed by atoms with Gasteiger partial charge in [-0.15, -0.1) is 11.6 Å². The lowest BCUT2D eigenvalue weighted by Crippen LogP contribution is -2.25. The normalized spacial score (nSPS) is 15.1. The minimum atomic E-state index is 0.0748. The van der Waals surface area contributed by atoms with E-state index in [1.165, 1.54) is 6.33 Å². The molecule has 0 radical (unpaired) electrons. The molecule has 1 N–H and O–H groups in total. The van der Waals surface area contributed by atoms with Crippen molar-refractivity contribution in [1.82, 2.24) is 9.97 Å². The third kappa shape index (κ3) is 3.27. The number of nitrogens with one attached hydrogen (secondary N) is 1. The Morgan fingerprint density at radius 1 is 1.54 bits per heavy atom. The van der Waals surface area contributed by atoms with Gasteiger partial charge in [0, 0.05) is 12.2 Å². The first-order valence-electron chi connectivity index (χ1n) is 3.97. The standard InChI is InChI=1S/C8H11ClIN3/c1-5(9)6(2)13-8-7(10)3-11-4-12-8/h3-6H,1-2H3,(H,11,12,13). The van der Waals surface area contributed by atoms with Gasteiger partial charge in [-0.25, -0.2) is 9.97 Å². The molecule has 0 aliphatic carbocycles. The maximum absolute atomic E-state index is 5.92. The van der Waals surface area contributed by atoms with Gasteiger partial charge < -0.3 is 5.32 Å². The first kappa shape index (κ1) is 11.0. The van der Waals surface area contributed by atoms with E-state index in [-0.39, 0.29) is 11.4 Å². The maximum atomic E-state index is 5.92. The maximum Gasteiger partial charge on any atom is 0.143 e. The molecule has 1 aromatic rings. The molecule has 1 aromatic heterocycles. The molecular weight excluding hydrogens is 300 g/mol. The van der Waals surface area contributed by atoms with Crippen LogP contribution in [0, 0.1) is 3.57 Å². The fourth-order valence-corrected chi connectivity index (χ4v) is 1.27. The number of aromatic nitrogens is 2. The number of alkyl halides is 1. The largest absolute Gasteiger partial charge is 0.365 e. The van der Waals surface area contributed by atoms with Crippen LogP contribution in [-0.4, -0.2) is 21.4 Å². The molecule has 0 spiro atoms. The van der Waals surface area contributed by atoms with E-state index in [9.17, 15) is 0 Å². The summed E-state index contributed by atoms with van der Waals surface area (Å²) in [5.74, 6) is 0.843. The summed E-state index contributed by atoms with van der Waals surface area (Å²) in [5.41, 5.74) is 0. The van der Waals surface area contributed by atoms with Crippen LogP contribution in [0.3, 0.4) is 0 Å². The molecule has 13 heavy (non-hydrogen) atoms. The third-order valence-electron chi connectivity index (χ3n) is 1.72. The van der Waals surface area contributed by atoms with Crippen LogP contribution in [0.1, 0.15) is 13.8 Å². The second-order valence-corrected chi connectivity index (χ2v) is 4.68. The highest BCUT2D eigenvalue weighted by Crippen LogP contribution is 2.15. The lowest BCUT2D eigenvalue weighted by molar-refractivity contribution is 0.765. The Bertz CT molecular complexity index is 280. The fourth-order valence-electron chi connectivity index (χ4n) is 0.749. The Balaban J connectivity index is 2.69. The summed E-state index contributed by atoms with van der Waals surface area (Å²) >= 11 is 8.11. The van der Waals surface area contributed by atoms with Crippen LogP contribution in [-0.2, 0) is 0 Å². The molecule has 0 bridgehead atoms. The van der Waals surface area contributed by atoms with E-state index in [0.29, 0.717) is 0 Å². The summed E-state index contributed by atoms with van der Waals surface area (Å²) in [5, 5.41) is 3.29. The molecular formula is C8H11ClIN3.